The molecule has 0 radical (unpaired) electrons. The van der Waals surface area contributed by atoms with Crippen molar-refractivity contribution in [3.05, 3.63) is 48.0 Å². The lowest BCUT2D eigenvalue weighted by molar-refractivity contribution is -0.151. The van der Waals surface area contributed by atoms with Crippen LogP contribution in [0.1, 0.15) is 25.0 Å². The van der Waals surface area contributed by atoms with E-state index >= 15 is 0 Å². The summed E-state index contributed by atoms with van der Waals surface area (Å²) in [5, 5.41) is 9.55. The Kier molecular flexibility index (Phi) is 4.97. The van der Waals surface area contributed by atoms with E-state index in [1.807, 2.05) is 13.0 Å². The van der Waals surface area contributed by atoms with Crippen LogP contribution in [0, 0.1) is 0 Å². The molecule has 0 bridgehead atoms. The fraction of sp³-hybridized carbons (Fsp3) is 0.316. The van der Waals surface area contributed by atoms with Gasteiger partial charge < -0.3 is 24.1 Å². The molecule has 2 aromatic carbocycles. The molecule has 2 aromatic rings. The summed E-state index contributed by atoms with van der Waals surface area (Å²) in [5.74, 6) is 0.972. The molecule has 1 aliphatic heterocycles. The van der Waals surface area contributed by atoms with Gasteiger partial charge in [0.25, 0.3) is 0 Å². The summed E-state index contributed by atoms with van der Waals surface area (Å²) in [6.45, 7) is 2.54. The summed E-state index contributed by atoms with van der Waals surface area (Å²) in [4.78, 5) is 11.7. The minimum atomic E-state index is -1.15. The Morgan fingerprint density at radius 1 is 1.12 bits per heavy atom. The number of carbonyl (C=O) groups is 1. The predicted octanol–water partition coefficient (Wildman–Crippen LogP) is 3.45. The number of rotatable bonds is 6. The van der Waals surface area contributed by atoms with Crippen molar-refractivity contribution in [1.82, 2.24) is 0 Å². The lowest BCUT2D eigenvalue weighted by Crippen LogP contribution is -2.39. The van der Waals surface area contributed by atoms with Gasteiger partial charge in [-0.25, -0.2) is 4.79 Å². The molecule has 6 nitrogen and oxygen atoms in total. The number of aliphatic carboxylic acids is 1. The van der Waals surface area contributed by atoms with Crippen molar-refractivity contribution in [1.29, 1.82) is 0 Å². The highest BCUT2D eigenvalue weighted by Crippen LogP contribution is 2.41. The summed E-state index contributed by atoms with van der Waals surface area (Å²) in [6, 6.07) is 12.3. The van der Waals surface area contributed by atoms with E-state index in [-0.39, 0.29) is 0 Å². The molecule has 0 aliphatic carbocycles. The first-order valence-electron chi connectivity index (χ1n) is 8.10. The average molecular weight is 344 g/mol. The fourth-order valence-corrected chi connectivity index (χ4v) is 2.66. The van der Waals surface area contributed by atoms with Crippen LogP contribution >= 0.6 is 0 Å². The quantitative estimate of drug-likeness (QED) is 0.865. The van der Waals surface area contributed by atoms with Crippen molar-refractivity contribution in [2.24, 2.45) is 0 Å². The van der Waals surface area contributed by atoms with Crippen LogP contribution in [0.15, 0.2) is 42.5 Å². The lowest BCUT2D eigenvalue weighted by Gasteiger charge is -2.32. The molecule has 1 heterocycles. The molecule has 1 N–H and O–H groups in total. The Morgan fingerprint density at radius 3 is 2.48 bits per heavy atom. The number of hydrogen-bond donors (Lipinski definition) is 1. The van der Waals surface area contributed by atoms with Crippen LogP contribution in [-0.2, 0) is 4.79 Å². The van der Waals surface area contributed by atoms with Gasteiger partial charge in [0, 0.05) is 5.56 Å². The summed E-state index contributed by atoms with van der Waals surface area (Å²) >= 11 is 0. The van der Waals surface area contributed by atoms with E-state index in [9.17, 15) is 9.90 Å². The number of hydrogen-bond acceptors (Lipinski definition) is 5. The third-order valence-corrected chi connectivity index (χ3v) is 3.85. The molecule has 25 heavy (non-hydrogen) atoms. The number of carboxylic acids is 1. The van der Waals surface area contributed by atoms with Gasteiger partial charge in [0.2, 0.25) is 6.10 Å². The molecule has 0 saturated carbocycles. The second kappa shape index (κ2) is 7.34. The smallest absolute Gasteiger partial charge is 0.349 e. The van der Waals surface area contributed by atoms with E-state index in [4.69, 9.17) is 18.9 Å². The van der Waals surface area contributed by atoms with Crippen LogP contribution in [0.25, 0.3) is 0 Å². The van der Waals surface area contributed by atoms with Gasteiger partial charge in [0.15, 0.2) is 29.1 Å². The maximum Gasteiger partial charge on any atom is 0.349 e. The monoisotopic (exact) mass is 344 g/mol. The van der Waals surface area contributed by atoms with Crippen LogP contribution < -0.4 is 18.9 Å². The molecule has 6 heteroatoms. The number of methoxy groups -OCH3 is 1. The average Bonchev–Trinajstić information content (AvgIpc) is 2.65. The van der Waals surface area contributed by atoms with Crippen LogP contribution in [0.3, 0.4) is 0 Å². The van der Waals surface area contributed by atoms with Crippen molar-refractivity contribution in [2.75, 3.05) is 13.7 Å². The van der Waals surface area contributed by atoms with Gasteiger partial charge in [-0.05, 0) is 30.7 Å². The van der Waals surface area contributed by atoms with Crippen molar-refractivity contribution in [2.45, 2.75) is 25.6 Å². The Morgan fingerprint density at radius 2 is 1.84 bits per heavy atom. The van der Waals surface area contributed by atoms with Crippen LogP contribution in [0.2, 0.25) is 0 Å². The van der Waals surface area contributed by atoms with Crippen LogP contribution in [-0.4, -0.2) is 30.9 Å². The molecule has 0 saturated heterocycles. The number of ether oxygens (including phenoxy) is 4. The Labute approximate surface area is 145 Å². The van der Waals surface area contributed by atoms with Gasteiger partial charge >= 0.3 is 5.97 Å². The summed E-state index contributed by atoms with van der Waals surface area (Å²) in [6.07, 6.45) is -1.09. The van der Waals surface area contributed by atoms with E-state index in [1.165, 1.54) is 0 Å². The van der Waals surface area contributed by atoms with Gasteiger partial charge in [-0.3, -0.25) is 0 Å². The van der Waals surface area contributed by atoms with E-state index in [0.717, 1.165) is 6.42 Å². The number of carboxylic acid groups (broad SMARTS) is 1. The van der Waals surface area contributed by atoms with Crippen LogP contribution in [0.4, 0.5) is 0 Å². The minimum Gasteiger partial charge on any atom is -0.493 e. The Balaban J connectivity index is 1.97. The first-order valence-corrected chi connectivity index (χ1v) is 8.10. The lowest BCUT2D eigenvalue weighted by atomic mass is 10.0. The molecular weight excluding hydrogens is 324 g/mol. The topological polar surface area (TPSA) is 74.2 Å². The Bertz CT molecular complexity index is 757. The van der Waals surface area contributed by atoms with Crippen molar-refractivity contribution in [3.63, 3.8) is 0 Å². The standard InChI is InChI=1S/C19H20O6/c1-3-10-23-16-11-12(8-9-13(16)22-2)17-18(19(20)21)25-15-7-5-4-6-14(15)24-17/h4-9,11,17-18H,3,10H2,1-2H3,(H,20,21). The second-order valence-corrected chi connectivity index (χ2v) is 5.62. The van der Waals surface area contributed by atoms with E-state index in [0.29, 0.717) is 35.2 Å². The zero-order valence-electron chi connectivity index (χ0n) is 14.1. The molecule has 3 rings (SSSR count). The largest absolute Gasteiger partial charge is 0.493 e. The fourth-order valence-electron chi connectivity index (χ4n) is 2.66. The zero-order chi connectivity index (χ0) is 17.8. The normalized spacial score (nSPS) is 18.5. The molecule has 0 amide bonds. The molecule has 0 spiro atoms. The van der Waals surface area contributed by atoms with E-state index in [1.54, 1.807) is 43.5 Å². The number of para-hydroxylation sites is 2. The van der Waals surface area contributed by atoms with Gasteiger partial charge in [-0.15, -0.1) is 0 Å². The molecule has 2 unspecified atom stereocenters. The van der Waals surface area contributed by atoms with Crippen molar-refractivity contribution in [3.8, 4) is 23.0 Å². The highest BCUT2D eigenvalue weighted by Gasteiger charge is 2.38. The molecule has 1 aliphatic rings. The number of fused-ring (bicyclic) bond motifs is 1. The van der Waals surface area contributed by atoms with E-state index < -0.39 is 18.2 Å². The summed E-state index contributed by atoms with van der Waals surface area (Å²) < 4.78 is 22.6. The van der Waals surface area contributed by atoms with Crippen molar-refractivity contribution < 1.29 is 28.8 Å². The van der Waals surface area contributed by atoms with E-state index in [2.05, 4.69) is 0 Å². The summed E-state index contributed by atoms with van der Waals surface area (Å²) in [7, 11) is 1.56. The first kappa shape index (κ1) is 17.0. The Hall–Kier alpha value is -2.89. The van der Waals surface area contributed by atoms with Crippen molar-refractivity contribution >= 4 is 5.97 Å². The molecular formula is C19H20O6. The molecule has 132 valence electrons. The van der Waals surface area contributed by atoms with Gasteiger partial charge in [-0.1, -0.05) is 25.1 Å². The highest BCUT2D eigenvalue weighted by atomic mass is 16.6. The molecule has 0 fully saturated rings. The molecule has 0 aromatic heterocycles. The summed E-state index contributed by atoms with van der Waals surface area (Å²) in [5.41, 5.74) is 0.647. The molecule has 2 atom stereocenters. The van der Waals surface area contributed by atoms with Gasteiger partial charge in [0.05, 0.1) is 13.7 Å². The maximum absolute atomic E-state index is 11.7. The van der Waals surface area contributed by atoms with Crippen LogP contribution in [0.5, 0.6) is 23.0 Å². The third-order valence-electron chi connectivity index (χ3n) is 3.85. The maximum atomic E-state index is 11.7. The first-order chi connectivity index (χ1) is 12.1. The minimum absolute atomic E-state index is 0.419. The second-order valence-electron chi connectivity index (χ2n) is 5.62. The zero-order valence-corrected chi connectivity index (χ0v) is 14.1. The van der Waals surface area contributed by atoms with Gasteiger partial charge in [0.1, 0.15) is 0 Å². The highest BCUT2D eigenvalue weighted by molar-refractivity contribution is 5.75. The SMILES string of the molecule is CCCOc1cc(C2Oc3ccccc3OC2C(=O)O)ccc1OC. The predicted molar refractivity (Wildman–Crippen MR) is 90.6 cm³/mol. The van der Waals surface area contributed by atoms with Gasteiger partial charge in [-0.2, -0.15) is 0 Å². The third kappa shape index (κ3) is 3.47. The number of benzene rings is 2.